The quantitative estimate of drug-likeness (QED) is 0.177. The summed E-state index contributed by atoms with van der Waals surface area (Å²) < 4.78 is 36.3. The average molecular weight is 846 g/mol. The third-order valence-electron chi connectivity index (χ3n) is 13.8. The Morgan fingerprint density at radius 2 is 1.54 bits per heavy atom. The second kappa shape index (κ2) is 15.3. The van der Waals surface area contributed by atoms with Gasteiger partial charge in [-0.25, -0.2) is 14.4 Å². The van der Waals surface area contributed by atoms with E-state index in [1.807, 2.05) is 6.92 Å². The Kier molecular flexibility index (Phi) is 11.1. The predicted octanol–water partition coefficient (Wildman–Crippen LogP) is 4.72. The van der Waals surface area contributed by atoms with E-state index in [1.54, 1.807) is 90.1 Å². The lowest BCUT2D eigenvalue weighted by Gasteiger charge is -2.64. The van der Waals surface area contributed by atoms with Gasteiger partial charge >= 0.3 is 30.0 Å². The zero-order valence-electron chi connectivity index (χ0n) is 35.9. The van der Waals surface area contributed by atoms with Crippen molar-refractivity contribution in [3.8, 4) is 0 Å². The average Bonchev–Trinajstić information content (AvgIpc) is 3.77. The Bertz CT molecular complexity index is 2150. The van der Waals surface area contributed by atoms with E-state index in [-0.39, 0.29) is 23.3 Å². The van der Waals surface area contributed by atoms with Crippen LogP contribution in [0.5, 0.6) is 0 Å². The molecule has 1 heterocycles. The number of Topliss-reactive ketones (excluding diaryl/α,β-unsaturated/α-hetero) is 1. The number of carbonyl (C=O) groups is 6. The normalized spacial score (nSPS) is 34.2. The van der Waals surface area contributed by atoms with Gasteiger partial charge in [-0.3, -0.25) is 14.4 Å². The van der Waals surface area contributed by atoms with E-state index in [2.05, 4.69) is 5.32 Å². The van der Waals surface area contributed by atoms with Crippen LogP contribution in [0, 0.1) is 28.6 Å². The number of hydrogen-bond acceptors (Lipinski definition) is 14. The van der Waals surface area contributed by atoms with E-state index in [9.17, 15) is 34.2 Å². The number of esters is 4. The molecule has 2 aromatic rings. The topological polar surface area (TPSA) is 210 Å². The molecule has 15 heteroatoms. The summed E-state index contributed by atoms with van der Waals surface area (Å²) in [4.78, 5) is 83.3. The number of fused-ring (bicyclic) bond motifs is 4. The van der Waals surface area contributed by atoms with Crippen molar-refractivity contribution < 1.29 is 67.4 Å². The maximum absolute atomic E-state index is 15.7. The monoisotopic (exact) mass is 845 g/mol. The molecule has 3 saturated carbocycles. The van der Waals surface area contributed by atoms with Crippen LogP contribution in [0.4, 0.5) is 4.79 Å². The third-order valence-corrected chi connectivity index (χ3v) is 13.8. The molecule has 1 aliphatic heterocycles. The van der Waals surface area contributed by atoms with E-state index in [0.717, 1.165) is 6.92 Å². The lowest BCUT2D eigenvalue weighted by Crippen LogP contribution is -2.78. The second-order valence-electron chi connectivity index (χ2n) is 18.7. The van der Waals surface area contributed by atoms with E-state index in [0.29, 0.717) is 12.0 Å². The highest BCUT2D eigenvalue weighted by atomic mass is 16.6. The highest BCUT2D eigenvalue weighted by molar-refractivity contribution is 5.98. The first-order valence-electron chi connectivity index (χ1n) is 20.7. The summed E-state index contributed by atoms with van der Waals surface area (Å²) in [6.45, 7) is 13.9. The molecule has 3 unspecified atom stereocenters. The minimum atomic E-state index is -2.26. The van der Waals surface area contributed by atoms with Crippen LogP contribution in [0.25, 0.3) is 0 Å². The van der Waals surface area contributed by atoms with Gasteiger partial charge in [0, 0.05) is 31.1 Å². The molecule has 1 spiro atoms. The Hall–Kier alpha value is -5.12. The van der Waals surface area contributed by atoms with Gasteiger partial charge in [0.25, 0.3) is 0 Å². The lowest BCUT2D eigenvalue weighted by molar-refractivity contribution is -0.323. The largest absolute Gasteiger partial charge is 0.456 e. The zero-order chi connectivity index (χ0) is 44.6. The SMILES string of the molecule is CC(=O)O[C@H]1C(=O)C23C(C[C@H]4OC[C@@]4(OC(C)=O)C2[C@H](OC(=O)c2ccccc2)[C@]2(O)C[C@H](OC(=O)[C@H](O)[C@@H](NC(=O)OC(C)(C)C)c4ccccc4)C(C)=C1C2(C)C)[C@@H]3C. The van der Waals surface area contributed by atoms with Crippen LogP contribution in [0.3, 0.4) is 0 Å². The molecule has 12 atom stereocenters. The standard InChI is InChI=1S/C46H55NO14/c1-23-30(58-40(53)34(50)33(27-16-12-10-13-17-27)47-41(54)61-42(5,6)7)21-45(55)38(59-39(52)28-18-14-11-15-19-28)36-44(60-26(4)49)22-56-31(44)20-29-24(2)46(29,36)37(51)35(57-25(3)48)32(23)43(45,8)9/h10-19,24,29-31,33-36,38,50,55H,20-22H2,1-9H3,(H,47,54)/t24-,29?,30-,31+,33-,34+,35+,36?,38-,44-,45+,46?/m0/s1. The number of ketones is 1. The highest BCUT2D eigenvalue weighted by Gasteiger charge is 2.86. The Morgan fingerprint density at radius 1 is 0.918 bits per heavy atom. The van der Waals surface area contributed by atoms with Crippen molar-refractivity contribution in [3.05, 3.63) is 82.9 Å². The van der Waals surface area contributed by atoms with E-state index in [4.69, 9.17) is 28.4 Å². The van der Waals surface area contributed by atoms with Crippen molar-refractivity contribution in [2.45, 2.75) is 129 Å². The maximum Gasteiger partial charge on any atom is 0.408 e. The van der Waals surface area contributed by atoms with Crippen LogP contribution in [-0.4, -0.2) is 99.9 Å². The number of aliphatic hydroxyl groups is 2. The lowest BCUT2D eigenvalue weighted by atomic mass is 9.48. The minimum Gasteiger partial charge on any atom is -0.456 e. The first-order chi connectivity index (χ1) is 28.5. The number of ether oxygens (including phenoxy) is 6. The molecule has 15 nitrogen and oxygen atoms in total. The molecule has 7 rings (SSSR count). The Balaban J connectivity index is 1.39. The van der Waals surface area contributed by atoms with Crippen LogP contribution in [0.1, 0.15) is 97.1 Å². The first-order valence-corrected chi connectivity index (χ1v) is 20.7. The molecule has 2 aromatic carbocycles. The molecule has 1 amide bonds. The Morgan fingerprint density at radius 3 is 2.10 bits per heavy atom. The molecule has 4 aliphatic carbocycles. The van der Waals surface area contributed by atoms with E-state index < -0.39 is 124 Å². The Labute approximate surface area is 354 Å². The molecule has 328 valence electrons. The number of amides is 1. The molecule has 61 heavy (non-hydrogen) atoms. The number of rotatable bonds is 9. The smallest absolute Gasteiger partial charge is 0.408 e. The zero-order valence-corrected chi connectivity index (χ0v) is 35.9. The maximum atomic E-state index is 15.7. The molecular weight excluding hydrogens is 790 g/mol. The van der Waals surface area contributed by atoms with Crippen molar-refractivity contribution >= 4 is 35.8 Å². The number of alkyl carbamates (subject to hydrolysis) is 1. The van der Waals surface area contributed by atoms with Gasteiger partial charge in [0.1, 0.15) is 29.5 Å². The molecule has 1 saturated heterocycles. The van der Waals surface area contributed by atoms with Gasteiger partial charge in [0.05, 0.1) is 24.1 Å². The minimum absolute atomic E-state index is 0.125. The highest BCUT2D eigenvalue weighted by Crippen LogP contribution is 2.77. The van der Waals surface area contributed by atoms with Crippen LogP contribution in [0.15, 0.2) is 71.8 Å². The summed E-state index contributed by atoms with van der Waals surface area (Å²) in [6, 6.07) is 14.9. The van der Waals surface area contributed by atoms with E-state index >= 15 is 4.79 Å². The number of aliphatic hydroxyl groups excluding tert-OH is 1. The molecule has 0 radical (unpaired) electrons. The van der Waals surface area contributed by atoms with Crippen molar-refractivity contribution in [1.29, 1.82) is 0 Å². The first kappa shape index (κ1) is 44.0. The van der Waals surface area contributed by atoms with Gasteiger partial charge in [0.15, 0.2) is 23.6 Å². The van der Waals surface area contributed by atoms with Gasteiger partial charge in [-0.2, -0.15) is 0 Å². The van der Waals surface area contributed by atoms with Crippen molar-refractivity contribution in [2.24, 2.45) is 28.6 Å². The summed E-state index contributed by atoms with van der Waals surface area (Å²) in [6.07, 6.45) is -8.51. The number of carbonyl (C=O) groups excluding carboxylic acids is 6. The summed E-state index contributed by atoms with van der Waals surface area (Å²) in [5.74, 6) is -6.14. The van der Waals surface area contributed by atoms with Crippen molar-refractivity contribution in [3.63, 3.8) is 0 Å². The van der Waals surface area contributed by atoms with Crippen LogP contribution in [-0.2, 0) is 47.6 Å². The molecule has 0 aromatic heterocycles. The summed E-state index contributed by atoms with van der Waals surface area (Å²) >= 11 is 0. The van der Waals surface area contributed by atoms with E-state index in [1.165, 1.54) is 19.1 Å². The molecule has 5 aliphatic rings. The molecule has 3 N–H and O–H groups in total. The second-order valence-corrected chi connectivity index (χ2v) is 18.7. The van der Waals surface area contributed by atoms with Gasteiger partial charge in [-0.1, -0.05) is 69.3 Å². The van der Waals surface area contributed by atoms with Gasteiger partial charge in [0.2, 0.25) is 0 Å². The van der Waals surface area contributed by atoms with Crippen LogP contribution < -0.4 is 5.32 Å². The fourth-order valence-electron chi connectivity index (χ4n) is 11.0. The van der Waals surface area contributed by atoms with Crippen molar-refractivity contribution in [1.82, 2.24) is 5.32 Å². The summed E-state index contributed by atoms with van der Waals surface area (Å²) in [5, 5.41) is 28.0. The number of benzene rings is 2. The third kappa shape index (κ3) is 7.11. The van der Waals surface area contributed by atoms with Gasteiger partial charge in [-0.05, 0) is 74.8 Å². The van der Waals surface area contributed by atoms with Gasteiger partial charge < -0.3 is 44.0 Å². The predicted molar refractivity (Wildman–Crippen MR) is 214 cm³/mol. The molecule has 4 fully saturated rings. The summed E-state index contributed by atoms with van der Waals surface area (Å²) in [7, 11) is 0. The summed E-state index contributed by atoms with van der Waals surface area (Å²) in [5.41, 5.74) is -6.89. The molecular formula is C46H55NO14. The van der Waals surface area contributed by atoms with Crippen LogP contribution in [0.2, 0.25) is 0 Å². The van der Waals surface area contributed by atoms with Gasteiger partial charge in [-0.15, -0.1) is 0 Å². The number of hydrogen-bond donors (Lipinski definition) is 3. The van der Waals surface area contributed by atoms with Crippen LogP contribution >= 0.6 is 0 Å². The fourth-order valence-corrected chi connectivity index (χ4v) is 11.0. The molecule has 2 bridgehead atoms. The fraction of sp³-hybridized carbons (Fsp3) is 0.565. The van der Waals surface area contributed by atoms with Crippen molar-refractivity contribution in [2.75, 3.05) is 6.61 Å². The number of nitrogens with one attached hydrogen (secondary N) is 1.